The molecule has 0 amide bonds. The van der Waals surface area contributed by atoms with E-state index in [4.69, 9.17) is 21.4 Å². The van der Waals surface area contributed by atoms with Gasteiger partial charge >= 0.3 is 5.97 Å². The molecule has 0 saturated heterocycles. The molecule has 3 aromatic carbocycles. The molecule has 0 radical (unpaired) electrons. The van der Waals surface area contributed by atoms with E-state index in [1.807, 2.05) is 30.3 Å². The van der Waals surface area contributed by atoms with Gasteiger partial charge in [-0.3, -0.25) is 0 Å². The molecule has 0 bridgehead atoms. The van der Waals surface area contributed by atoms with Gasteiger partial charge in [-0.25, -0.2) is 9.18 Å². The Morgan fingerprint density at radius 1 is 1.04 bits per heavy atom. The van der Waals surface area contributed by atoms with Crippen LogP contribution >= 0.6 is 11.6 Å². The first kappa shape index (κ1) is 17.0. The molecule has 0 aliphatic rings. The zero-order valence-electron chi connectivity index (χ0n) is 13.1. The van der Waals surface area contributed by atoms with Gasteiger partial charge in [-0.2, -0.15) is 0 Å². The monoisotopic (exact) mass is 356 g/mol. The molecule has 0 unspecified atom stereocenters. The lowest BCUT2D eigenvalue weighted by Gasteiger charge is -2.10. The van der Waals surface area contributed by atoms with Crippen LogP contribution in [0, 0.1) is 5.82 Å². The van der Waals surface area contributed by atoms with Gasteiger partial charge in [0, 0.05) is 10.6 Å². The average molecular weight is 357 g/mol. The van der Waals surface area contributed by atoms with E-state index >= 15 is 0 Å². The lowest BCUT2D eigenvalue weighted by atomic mass is 10.0. The number of ether oxygens (including phenoxy) is 1. The number of carboxylic acids is 1. The van der Waals surface area contributed by atoms with Gasteiger partial charge in [0.25, 0.3) is 0 Å². The second-order valence-corrected chi connectivity index (χ2v) is 5.83. The van der Waals surface area contributed by atoms with Crippen LogP contribution in [0.25, 0.3) is 11.1 Å². The van der Waals surface area contributed by atoms with E-state index < -0.39 is 17.3 Å². The third kappa shape index (κ3) is 3.98. The molecule has 3 rings (SSSR count). The van der Waals surface area contributed by atoms with Crippen LogP contribution in [-0.2, 0) is 6.61 Å². The van der Waals surface area contributed by atoms with Crippen molar-refractivity contribution in [3.05, 3.63) is 88.7 Å². The summed E-state index contributed by atoms with van der Waals surface area (Å²) in [6.07, 6.45) is 0. The predicted octanol–water partition coefficient (Wildman–Crippen LogP) is 5.42. The van der Waals surface area contributed by atoms with E-state index in [1.54, 1.807) is 24.3 Å². The number of aromatic carboxylic acids is 1. The van der Waals surface area contributed by atoms with Crippen molar-refractivity contribution in [3.8, 4) is 16.9 Å². The highest BCUT2D eigenvalue weighted by atomic mass is 35.5. The minimum atomic E-state index is -1.36. The summed E-state index contributed by atoms with van der Waals surface area (Å²) in [5, 5.41) is 9.12. The first-order valence-electron chi connectivity index (χ1n) is 7.54. The Balaban J connectivity index is 1.86. The Bertz CT molecular complexity index is 910. The van der Waals surface area contributed by atoms with Crippen molar-refractivity contribution >= 4 is 17.6 Å². The fourth-order valence-electron chi connectivity index (χ4n) is 2.43. The smallest absolute Gasteiger partial charge is 0.338 e. The highest BCUT2D eigenvalue weighted by Crippen LogP contribution is 2.32. The minimum absolute atomic E-state index is 0.166. The number of carbonyl (C=O) groups is 1. The van der Waals surface area contributed by atoms with Crippen LogP contribution in [0.15, 0.2) is 66.7 Å². The van der Waals surface area contributed by atoms with E-state index in [2.05, 4.69) is 0 Å². The normalized spacial score (nSPS) is 10.5. The Morgan fingerprint density at radius 2 is 1.80 bits per heavy atom. The van der Waals surface area contributed by atoms with Crippen molar-refractivity contribution in [2.24, 2.45) is 0 Å². The molecular formula is C20H14ClFO3. The van der Waals surface area contributed by atoms with Crippen molar-refractivity contribution in [2.75, 3.05) is 0 Å². The Kier molecular flexibility index (Phi) is 5.00. The van der Waals surface area contributed by atoms with Gasteiger partial charge in [-0.1, -0.05) is 54.1 Å². The van der Waals surface area contributed by atoms with Crippen molar-refractivity contribution in [1.29, 1.82) is 0 Å². The van der Waals surface area contributed by atoms with Gasteiger partial charge in [0.05, 0.1) is 5.56 Å². The highest BCUT2D eigenvalue weighted by Gasteiger charge is 2.15. The van der Waals surface area contributed by atoms with E-state index in [9.17, 15) is 9.18 Å². The molecule has 0 atom stereocenters. The van der Waals surface area contributed by atoms with E-state index in [0.29, 0.717) is 23.5 Å². The molecule has 0 saturated carbocycles. The molecule has 0 heterocycles. The maximum Gasteiger partial charge on any atom is 0.338 e. The molecule has 3 nitrogen and oxygen atoms in total. The molecule has 0 aliphatic heterocycles. The van der Waals surface area contributed by atoms with Crippen molar-refractivity contribution in [1.82, 2.24) is 0 Å². The number of hydrogen-bond donors (Lipinski definition) is 1. The van der Waals surface area contributed by atoms with Crippen molar-refractivity contribution < 1.29 is 19.0 Å². The number of hydrogen-bond acceptors (Lipinski definition) is 2. The fraction of sp³-hybridized carbons (Fsp3) is 0.0500. The zero-order chi connectivity index (χ0) is 17.8. The lowest BCUT2D eigenvalue weighted by molar-refractivity contribution is 0.0692. The highest BCUT2D eigenvalue weighted by molar-refractivity contribution is 6.33. The molecule has 25 heavy (non-hydrogen) atoms. The van der Waals surface area contributed by atoms with Crippen LogP contribution in [0.4, 0.5) is 4.39 Å². The van der Waals surface area contributed by atoms with Gasteiger partial charge < -0.3 is 9.84 Å². The van der Waals surface area contributed by atoms with Gasteiger partial charge in [-0.05, 0) is 35.4 Å². The van der Waals surface area contributed by atoms with Crippen molar-refractivity contribution in [2.45, 2.75) is 6.61 Å². The maximum atomic E-state index is 14.0. The van der Waals surface area contributed by atoms with E-state index in [0.717, 1.165) is 17.7 Å². The molecule has 0 fully saturated rings. The molecule has 0 aromatic heterocycles. The second kappa shape index (κ2) is 7.36. The van der Waals surface area contributed by atoms with Gasteiger partial charge in [0.1, 0.15) is 18.2 Å². The molecule has 126 valence electrons. The third-order valence-corrected chi connectivity index (χ3v) is 3.99. The maximum absolute atomic E-state index is 14.0. The predicted molar refractivity (Wildman–Crippen MR) is 94.6 cm³/mol. The summed E-state index contributed by atoms with van der Waals surface area (Å²) >= 11 is 6.13. The third-order valence-electron chi connectivity index (χ3n) is 3.68. The lowest BCUT2D eigenvalue weighted by Crippen LogP contribution is -2.01. The fourth-order valence-corrected chi connectivity index (χ4v) is 2.70. The van der Waals surface area contributed by atoms with E-state index in [1.165, 1.54) is 0 Å². The number of halogens is 2. The summed E-state index contributed by atoms with van der Waals surface area (Å²) < 4.78 is 19.7. The summed E-state index contributed by atoms with van der Waals surface area (Å²) in [4.78, 5) is 11.0. The van der Waals surface area contributed by atoms with E-state index in [-0.39, 0.29) is 5.02 Å². The van der Waals surface area contributed by atoms with Crippen molar-refractivity contribution in [3.63, 3.8) is 0 Å². The first-order chi connectivity index (χ1) is 12.0. The number of rotatable bonds is 5. The number of benzene rings is 3. The minimum Gasteiger partial charge on any atom is -0.489 e. The zero-order valence-corrected chi connectivity index (χ0v) is 13.8. The summed E-state index contributed by atoms with van der Waals surface area (Å²) in [7, 11) is 0. The first-order valence-corrected chi connectivity index (χ1v) is 7.92. The van der Waals surface area contributed by atoms with Gasteiger partial charge in [-0.15, -0.1) is 0 Å². The SMILES string of the molecule is O=C(O)c1cc(Cl)c(-c2cccc(OCc3ccccc3)c2)cc1F. The topological polar surface area (TPSA) is 46.5 Å². The Morgan fingerprint density at radius 3 is 2.52 bits per heavy atom. The Hall–Kier alpha value is -2.85. The van der Waals surface area contributed by atoms with Crippen LogP contribution in [0.5, 0.6) is 5.75 Å². The summed E-state index contributed by atoms with van der Waals surface area (Å²) in [6.45, 7) is 0.407. The number of carboxylic acid groups (broad SMARTS) is 1. The molecular weight excluding hydrogens is 343 g/mol. The molecule has 0 aliphatic carbocycles. The molecule has 3 aromatic rings. The van der Waals surface area contributed by atoms with Crippen LogP contribution in [-0.4, -0.2) is 11.1 Å². The Labute approximate surface area is 149 Å². The summed E-state index contributed by atoms with van der Waals surface area (Å²) in [6, 6.07) is 19.0. The van der Waals surface area contributed by atoms with Crippen LogP contribution in [0.3, 0.4) is 0 Å². The average Bonchev–Trinajstić information content (AvgIpc) is 2.62. The molecule has 1 N–H and O–H groups in total. The summed E-state index contributed by atoms with van der Waals surface area (Å²) in [5.74, 6) is -1.58. The van der Waals surface area contributed by atoms with Gasteiger partial charge in [0.15, 0.2) is 0 Å². The largest absolute Gasteiger partial charge is 0.489 e. The molecule has 0 spiro atoms. The summed E-state index contributed by atoms with van der Waals surface area (Å²) in [5.41, 5.74) is 1.63. The standard InChI is InChI=1S/C20H14ClFO3/c21-18-10-17(20(23)24)19(22)11-16(18)14-7-4-8-15(9-14)25-12-13-5-2-1-3-6-13/h1-11H,12H2,(H,23,24). The van der Waals surface area contributed by atoms with Crippen LogP contribution in [0.1, 0.15) is 15.9 Å². The van der Waals surface area contributed by atoms with Crippen LogP contribution in [0.2, 0.25) is 5.02 Å². The van der Waals surface area contributed by atoms with Crippen LogP contribution < -0.4 is 4.74 Å². The van der Waals surface area contributed by atoms with Gasteiger partial charge in [0.2, 0.25) is 0 Å². The quantitative estimate of drug-likeness (QED) is 0.663. The molecule has 5 heteroatoms. The second-order valence-electron chi connectivity index (χ2n) is 5.42.